The first-order valence-electron chi connectivity index (χ1n) is 5.98. The van der Waals surface area contributed by atoms with E-state index < -0.39 is 23.6 Å². The van der Waals surface area contributed by atoms with Crippen LogP contribution in [0, 0.1) is 11.7 Å². The van der Waals surface area contributed by atoms with Crippen molar-refractivity contribution in [2.45, 2.75) is 19.8 Å². The molecule has 0 saturated heterocycles. The van der Waals surface area contributed by atoms with E-state index >= 15 is 0 Å². The van der Waals surface area contributed by atoms with Crippen LogP contribution in [0.1, 0.15) is 30.1 Å². The fourth-order valence-corrected chi connectivity index (χ4v) is 1.57. The summed E-state index contributed by atoms with van der Waals surface area (Å²) >= 11 is 0. The van der Waals surface area contributed by atoms with Gasteiger partial charge in [-0.15, -0.1) is 0 Å². The van der Waals surface area contributed by atoms with Crippen molar-refractivity contribution >= 4 is 17.6 Å². The van der Waals surface area contributed by atoms with Crippen LogP contribution in [-0.4, -0.2) is 23.5 Å². The van der Waals surface area contributed by atoms with E-state index in [2.05, 4.69) is 5.32 Å². The molecule has 0 aliphatic carbocycles. The molecule has 1 rings (SSSR count). The molecular weight excluding hydrogens is 251 g/mol. The lowest BCUT2D eigenvalue weighted by atomic mass is 10.1. The number of carbonyl (C=O) groups excluding carboxylic acids is 1. The predicted molar refractivity (Wildman–Crippen MR) is 69.4 cm³/mol. The number of carboxylic acid groups (broad SMARTS) is 1. The second-order valence-corrected chi connectivity index (χ2v) is 4.37. The van der Waals surface area contributed by atoms with Gasteiger partial charge in [0.05, 0.1) is 11.6 Å². The highest BCUT2D eigenvalue weighted by Gasteiger charge is 2.10. The first-order chi connectivity index (χ1) is 8.91. The standard InChI is InChI=1S/C13H17FN2O3/c1-8(13(18)19)3-2-6-16-11-5-4-9(12(15)17)7-10(11)14/h4-5,7-8,16H,2-3,6H2,1H3,(H2,15,17)(H,18,19). The Morgan fingerprint density at radius 2 is 2.16 bits per heavy atom. The van der Waals surface area contributed by atoms with E-state index in [-0.39, 0.29) is 11.3 Å². The number of halogens is 1. The molecule has 0 fully saturated rings. The molecular formula is C13H17FN2O3. The number of aliphatic carboxylic acids is 1. The highest BCUT2D eigenvalue weighted by molar-refractivity contribution is 5.93. The van der Waals surface area contributed by atoms with Crippen LogP contribution in [0.25, 0.3) is 0 Å². The van der Waals surface area contributed by atoms with Crippen molar-refractivity contribution in [3.63, 3.8) is 0 Å². The Labute approximate surface area is 110 Å². The smallest absolute Gasteiger partial charge is 0.306 e. The Kier molecular flexibility index (Phi) is 5.29. The summed E-state index contributed by atoms with van der Waals surface area (Å²) in [5, 5.41) is 11.6. The summed E-state index contributed by atoms with van der Waals surface area (Å²) in [7, 11) is 0. The predicted octanol–water partition coefficient (Wildman–Crippen LogP) is 1.84. The summed E-state index contributed by atoms with van der Waals surface area (Å²) in [6.07, 6.45) is 1.13. The van der Waals surface area contributed by atoms with Crippen molar-refractivity contribution < 1.29 is 19.1 Å². The second kappa shape index (κ2) is 6.72. The van der Waals surface area contributed by atoms with Crippen LogP contribution in [-0.2, 0) is 4.79 Å². The molecule has 4 N–H and O–H groups in total. The van der Waals surface area contributed by atoms with Gasteiger partial charge in [-0.1, -0.05) is 6.92 Å². The number of anilines is 1. The van der Waals surface area contributed by atoms with Crippen LogP contribution >= 0.6 is 0 Å². The van der Waals surface area contributed by atoms with E-state index in [0.717, 1.165) is 6.07 Å². The fourth-order valence-electron chi connectivity index (χ4n) is 1.57. The van der Waals surface area contributed by atoms with E-state index in [9.17, 15) is 14.0 Å². The highest BCUT2D eigenvalue weighted by Crippen LogP contribution is 2.16. The Hall–Kier alpha value is -2.11. The molecule has 0 heterocycles. The zero-order valence-electron chi connectivity index (χ0n) is 10.6. The molecule has 1 aromatic carbocycles. The SMILES string of the molecule is CC(CCCNc1ccc(C(N)=O)cc1F)C(=O)O. The number of rotatable bonds is 7. The summed E-state index contributed by atoms with van der Waals surface area (Å²) in [4.78, 5) is 21.4. The van der Waals surface area contributed by atoms with Crippen LogP contribution in [0.15, 0.2) is 18.2 Å². The van der Waals surface area contributed by atoms with Crippen molar-refractivity contribution in [3.8, 4) is 0 Å². The minimum atomic E-state index is -0.836. The minimum absolute atomic E-state index is 0.113. The average molecular weight is 268 g/mol. The number of carbonyl (C=O) groups is 2. The number of carboxylic acids is 1. The van der Waals surface area contributed by atoms with Gasteiger partial charge in [0.2, 0.25) is 5.91 Å². The zero-order valence-corrected chi connectivity index (χ0v) is 10.6. The van der Waals surface area contributed by atoms with Gasteiger partial charge >= 0.3 is 5.97 Å². The van der Waals surface area contributed by atoms with E-state index in [1.807, 2.05) is 0 Å². The van der Waals surface area contributed by atoms with E-state index in [1.165, 1.54) is 12.1 Å². The minimum Gasteiger partial charge on any atom is -0.481 e. The van der Waals surface area contributed by atoms with E-state index in [0.29, 0.717) is 19.4 Å². The topological polar surface area (TPSA) is 92.4 Å². The molecule has 6 heteroatoms. The largest absolute Gasteiger partial charge is 0.481 e. The van der Waals surface area contributed by atoms with Gasteiger partial charge in [-0.2, -0.15) is 0 Å². The van der Waals surface area contributed by atoms with Gasteiger partial charge in [0.15, 0.2) is 0 Å². The zero-order chi connectivity index (χ0) is 14.4. The van der Waals surface area contributed by atoms with Gasteiger partial charge in [-0.05, 0) is 31.0 Å². The molecule has 0 aromatic heterocycles. The molecule has 0 aliphatic heterocycles. The number of nitrogens with two attached hydrogens (primary N) is 1. The van der Waals surface area contributed by atoms with Gasteiger partial charge in [0.1, 0.15) is 5.82 Å². The Morgan fingerprint density at radius 3 is 2.68 bits per heavy atom. The molecule has 1 unspecified atom stereocenters. The average Bonchev–Trinajstić information content (AvgIpc) is 2.35. The lowest BCUT2D eigenvalue weighted by Gasteiger charge is -2.09. The molecule has 0 saturated carbocycles. The number of benzene rings is 1. The molecule has 19 heavy (non-hydrogen) atoms. The monoisotopic (exact) mass is 268 g/mol. The van der Waals surface area contributed by atoms with Gasteiger partial charge in [0.25, 0.3) is 0 Å². The van der Waals surface area contributed by atoms with Crippen molar-refractivity contribution in [1.29, 1.82) is 0 Å². The maximum absolute atomic E-state index is 13.6. The number of nitrogens with one attached hydrogen (secondary N) is 1. The molecule has 1 aromatic rings. The number of hydrogen-bond acceptors (Lipinski definition) is 3. The van der Waals surface area contributed by atoms with Gasteiger partial charge < -0.3 is 16.2 Å². The fraction of sp³-hybridized carbons (Fsp3) is 0.385. The molecule has 0 aliphatic rings. The Balaban J connectivity index is 2.46. The summed E-state index contributed by atoms with van der Waals surface area (Å²) in [5.74, 6) is -2.48. The quantitative estimate of drug-likeness (QED) is 0.658. The summed E-state index contributed by atoms with van der Waals surface area (Å²) in [6, 6.07) is 3.95. The third kappa shape index (κ3) is 4.57. The lowest BCUT2D eigenvalue weighted by Crippen LogP contribution is -2.13. The van der Waals surface area contributed by atoms with Crippen LogP contribution in [0.2, 0.25) is 0 Å². The first-order valence-corrected chi connectivity index (χ1v) is 5.98. The molecule has 0 spiro atoms. The van der Waals surface area contributed by atoms with Gasteiger partial charge in [-0.3, -0.25) is 9.59 Å². The van der Waals surface area contributed by atoms with Crippen molar-refractivity contribution in [2.75, 3.05) is 11.9 Å². The van der Waals surface area contributed by atoms with Gasteiger partial charge in [-0.25, -0.2) is 4.39 Å². The summed E-state index contributed by atoms with van der Waals surface area (Å²) < 4.78 is 13.6. The molecule has 1 atom stereocenters. The maximum atomic E-state index is 13.6. The summed E-state index contributed by atoms with van der Waals surface area (Å²) in [6.45, 7) is 2.09. The molecule has 0 radical (unpaired) electrons. The molecule has 104 valence electrons. The third-order valence-electron chi connectivity index (χ3n) is 2.80. The van der Waals surface area contributed by atoms with Crippen LogP contribution in [0.3, 0.4) is 0 Å². The Morgan fingerprint density at radius 1 is 1.47 bits per heavy atom. The first kappa shape index (κ1) is 14.9. The van der Waals surface area contributed by atoms with E-state index in [1.54, 1.807) is 6.92 Å². The van der Waals surface area contributed by atoms with Crippen molar-refractivity contribution in [1.82, 2.24) is 0 Å². The maximum Gasteiger partial charge on any atom is 0.306 e. The number of amides is 1. The summed E-state index contributed by atoms with van der Waals surface area (Å²) in [5.41, 5.74) is 5.42. The van der Waals surface area contributed by atoms with E-state index in [4.69, 9.17) is 10.8 Å². The Bertz CT molecular complexity index is 477. The van der Waals surface area contributed by atoms with Crippen LogP contribution in [0.4, 0.5) is 10.1 Å². The van der Waals surface area contributed by atoms with Gasteiger partial charge in [0, 0.05) is 12.1 Å². The number of hydrogen-bond donors (Lipinski definition) is 3. The normalized spacial score (nSPS) is 11.9. The highest BCUT2D eigenvalue weighted by atomic mass is 19.1. The number of primary amides is 1. The molecule has 1 amide bonds. The lowest BCUT2D eigenvalue weighted by molar-refractivity contribution is -0.141. The third-order valence-corrected chi connectivity index (χ3v) is 2.80. The van der Waals surface area contributed by atoms with Crippen LogP contribution < -0.4 is 11.1 Å². The van der Waals surface area contributed by atoms with Crippen LogP contribution in [0.5, 0.6) is 0 Å². The van der Waals surface area contributed by atoms with Crippen molar-refractivity contribution in [2.24, 2.45) is 11.7 Å². The molecule has 5 nitrogen and oxygen atoms in total. The second-order valence-electron chi connectivity index (χ2n) is 4.37. The molecule has 0 bridgehead atoms. The van der Waals surface area contributed by atoms with Crippen molar-refractivity contribution in [3.05, 3.63) is 29.6 Å².